The molecule has 1 saturated heterocycles. The van der Waals surface area contributed by atoms with E-state index in [2.05, 4.69) is 13.8 Å². The summed E-state index contributed by atoms with van der Waals surface area (Å²) in [6.45, 7) is 13.7. The largest absolute Gasteiger partial charge is 0.341 e. The molecule has 1 amide bonds. The molecule has 1 aliphatic rings. The van der Waals surface area contributed by atoms with Crippen LogP contribution in [0.15, 0.2) is 0 Å². The molecule has 0 aromatic carbocycles. The van der Waals surface area contributed by atoms with Crippen molar-refractivity contribution < 1.29 is 4.79 Å². The fourth-order valence-electron chi connectivity index (χ4n) is 1.89. The second-order valence-electron chi connectivity index (χ2n) is 5.36. The first-order chi connectivity index (χ1) is 7.28. The molecule has 0 aromatic heterocycles. The predicted molar refractivity (Wildman–Crippen MR) is 69.2 cm³/mol. The van der Waals surface area contributed by atoms with Gasteiger partial charge in [0.1, 0.15) is 0 Å². The smallest absolute Gasteiger partial charge is 0.242 e. The zero-order valence-electron chi connectivity index (χ0n) is 11.8. The molecule has 96 valence electrons. The average molecular weight is 228 g/mol. The molecule has 3 heteroatoms. The summed E-state index contributed by atoms with van der Waals surface area (Å²) in [4.78, 5) is 13.8. The van der Waals surface area contributed by atoms with E-state index in [-0.39, 0.29) is 5.91 Å². The van der Waals surface area contributed by atoms with Crippen molar-refractivity contribution in [2.24, 2.45) is 11.1 Å². The summed E-state index contributed by atoms with van der Waals surface area (Å²) in [6.07, 6.45) is 2.23. The second-order valence-corrected chi connectivity index (χ2v) is 5.36. The van der Waals surface area contributed by atoms with Crippen LogP contribution in [0.2, 0.25) is 0 Å². The minimum Gasteiger partial charge on any atom is -0.341 e. The van der Waals surface area contributed by atoms with Gasteiger partial charge in [-0.1, -0.05) is 27.7 Å². The number of carbonyl (C=O) groups excluding carboxylic acids is 1. The number of carbonyl (C=O) groups is 1. The summed E-state index contributed by atoms with van der Waals surface area (Å²) in [5.41, 5.74) is 5.38. The molecule has 3 nitrogen and oxygen atoms in total. The highest BCUT2D eigenvalue weighted by atomic mass is 16.2. The number of hydrogen-bond donors (Lipinski definition) is 1. The summed E-state index contributed by atoms with van der Waals surface area (Å²) in [6, 6.07) is 0. The van der Waals surface area contributed by atoms with E-state index in [1.807, 2.05) is 18.7 Å². The Morgan fingerprint density at radius 2 is 1.94 bits per heavy atom. The third-order valence-corrected chi connectivity index (χ3v) is 3.25. The van der Waals surface area contributed by atoms with Crippen LogP contribution in [0.5, 0.6) is 0 Å². The SMILES string of the molecule is CC.CC[C@]1(C)CCN(C(=O)C(C)(C)N)C1. The van der Waals surface area contributed by atoms with Crippen molar-refractivity contribution in [3.8, 4) is 0 Å². The van der Waals surface area contributed by atoms with Gasteiger partial charge < -0.3 is 10.6 Å². The lowest BCUT2D eigenvalue weighted by molar-refractivity contribution is -0.135. The van der Waals surface area contributed by atoms with E-state index >= 15 is 0 Å². The molecular weight excluding hydrogens is 200 g/mol. The van der Waals surface area contributed by atoms with Crippen LogP contribution in [0.4, 0.5) is 0 Å². The minimum absolute atomic E-state index is 0.0784. The Hall–Kier alpha value is -0.570. The normalized spacial score (nSPS) is 25.1. The van der Waals surface area contributed by atoms with Gasteiger partial charge in [0.05, 0.1) is 5.54 Å². The van der Waals surface area contributed by atoms with E-state index in [0.29, 0.717) is 5.41 Å². The maximum absolute atomic E-state index is 11.9. The van der Waals surface area contributed by atoms with E-state index in [9.17, 15) is 4.79 Å². The van der Waals surface area contributed by atoms with Gasteiger partial charge in [-0.15, -0.1) is 0 Å². The first-order valence-electron chi connectivity index (χ1n) is 6.37. The number of nitrogens with two attached hydrogens (primary N) is 1. The quantitative estimate of drug-likeness (QED) is 0.789. The van der Waals surface area contributed by atoms with Crippen molar-refractivity contribution in [3.63, 3.8) is 0 Å². The molecule has 1 rings (SSSR count). The highest BCUT2D eigenvalue weighted by Gasteiger charge is 2.38. The van der Waals surface area contributed by atoms with Crippen LogP contribution >= 0.6 is 0 Å². The molecule has 16 heavy (non-hydrogen) atoms. The van der Waals surface area contributed by atoms with Crippen molar-refractivity contribution >= 4 is 5.91 Å². The van der Waals surface area contributed by atoms with E-state index in [0.717, 1.165) is 25.9 Å². The summed E-state index contributed by atoms with van der Waals surface area (Å²) in [5.74, 6) is 0.0784. The zero-order chi connectivity index (χ0) is 13.0. The highest BCUT2D eigenvalue weighted by Crippen LogP contribution is 2.33. The molecule has 0 spiro atoms. The molecule has 1 atom stereocenters. The molecule has 1 fully saturated rings. The summed E-state index contributed by atoms with van der Waals surface area (Å²) in [7, 11) is 0. The Kier molecular flexibility index (Phi) is 5.47. The van der Waals surface area contributed by atoms with Crippen LogP contribution in [-0.4, -0.2) is 29.4 Å². The van der Waals surface area contributed by atoms with E-state index in [1.54, 1.807) is 13.8 Å². The monoisotopic (exact) mass is 228 g/mol. The number of nitrogens with zero attached hydrogens (tertiary/aromatic N) is 1. The van der Waals surface area contributed by atoms with Gasteiger partial charge >= 0.3 is 0 Å². The molecule has 0 radical (unpaired) electrons. The Labute approximate surface area is 100 Å². The average Bonchev–Trinajstić information content (AvgIpc) is 2.62. The predicted octanol–water partition coefficient (Wildman–Crippen LogP) is 2.40. The lowest BCUT2D eigenvalue weighted by atomic mass is 9.87. The third kappa shape index (κ3) is 3.78. The maximum Gasteiger partial charge on any atom is 0.242 e. The van der Waals surface area contributed by atoms with Gasteiger partial charge in [0.2, 0.25) is 5.91 Å². The lowest BCUT2D eigenvalue weighted by Gasteiger charge is -2.27. The van der Waals surface area contributed by atoms with E-state index in [1.165, 1.54) is 0 Å². The minimum atomic E-state index is -0.723. The Bertz CT molecular complexity index is 233. The summed E-state index contributed by atoms with van der Waals surface area (Å²) >= 11 is 0. The van der Waals surface area contributed by atoms with Crippen molar-refractivity contribution in [2.45, 2.75) is 59.9 Å². The maximum atomic E-state index is 11.9. The molecular formula is C13H28N2O. The summed E-state index contributed by atoms with van der Waals surface area (Å²) < 4.78 is 0. The number of hydrogen-bond acceptors (Lipinski definition) is 2. The first-order valence-corrected chi connectivity index (χ1v) is 6.37. The van der Waals surface area contributed by atoms with Gasteiger partial charge in [-0.05, 0) is 32.1 Å². The third-order valence-electron chi connectivity index (χ3n) is 3.25. The highest BCUT2D eigenvalue weighted by molar-refractivity contribution is 5.85. The van der Waals surface area contributed by atoms with Crippen LogP contribution in [0, 0.1) is 5.41 Å². The van der Waals surface area contributed by atoms with Gasteiger partial charge in [0.15, 0.2) is 0 Å². The van der Waals surface area contributed by atoms with Gasteiger partial charge in [-0.25, -0.2) is 0 Å². The molecule has 2 N–H and O–H groups in total. The number of likely N-dealkylation sites (tertiary alicyclic amines) is 1. The standard InChI is InChI=1S/C11H22N2O.C2H6/c1-5-11(4)6-7-13(8-11)9(14)10(2,3)12;1-2/h5-8,12H2,1-4H3;1-2H3/t11-;/m1./s1. The molecule has 0 aromatic rings. The van der Waals surface area contributed by atoms with Crippen molar-refractivity contribution in [3.05, 3.63) is 0 Å². The fraction of sp³-hybridized carbons (Fsp3) is 0.923. The zero-order valence-corrected chi connectivity index (χ0v) is 11.8. The van der Waals surface area contributed by atoms with Crippen LogP contribution < -0.4 is 5.73 Å². The fourth-order valence-corrected chi connectivity index (χ4v) is 1.89. The number of amides is 1. The van der Waals surface area contributed by atoms with Crippen LogP contribution in [-0.2, 0) is 4.79 Å². The van der Waals surface area contributed by atoms with Crippen LogP contribution in [0.25, 0.3) is 0 Å². The van der Waals surface area contributed by atoms with Crippen LogP contribution in [0.3, 0.4) is 0 Å². The molecule has 1 aliphatic heterocycles. The van der Waals surface area contributed by atoms with Gasteiger partial charge in [-0.3, -0.25) is 4.79 Å². The molecule has 0 bridgehead atoms. The Morgan fingerprint density at radius 1 is 1.44 bits per heavy atom. The van der Waals surface area contributed by atoms with Gasteiger partial charge in [0, 0.05) is 13.1 Å². The number of rotatable bonds is 2. The molecule has 0 aliphatic carbocycles. The van der Waals surface area contributed by atoms with E-state index < -0.39 is 5.54 Å². The van der Waals surface area contributed by atoms with Gasteiger partial charge in [-0.2, -0.15) is 0 Å². The van der Waals surface area contributed by atoms with Gasteiger partial charge in [0.25, 0.3) is 0 Å². The first kappa shape index (κ1) is 15.4. The molecule has 1 heterocycles. The topological polar surface area (TPSA) is 46.3 Å². The molecule has 0 saturated carbocycles. The molecule has 0 unspecified atom stereocenters. The van der Waals surface area contributed by atoms with Crippen molar-refractivity contribution in [1.82, 2.24) is 4.90 Å². The van der Waals surface area contributed by atoms with E-state index in [4.69, 9.17) is 5.73 Å². The Morgan fingerprint density at radius 3 is 2.25 bits per heavy atom. The van der Waals surface area contributed by atoms with Crippen LogP contribution in [0.1, 0.15) is 54.4 Å². The Balaban J connectivity index is 0.00000106. The summed E-state index contributed by atoms with van der Waals surface area (Å²) in [5, 5.41) is 0. The lowest BCUT2D eigenvalue weighted by Crippen LogP contribution is -2.50. The second kappa shape index (κ2) is 5.67. The van der Waals surface area contributed by atoms with Crippen molar-refractivity contribution in [2.75, 3.05) is 13.1 Å². The van der Waals surface area contributed by atoms with Crippen molar-refractivity contribution in [1.29, 1.82) is 0 Å².